The summed E-state index contributed by atoms with van der Waals surface area (Å²) in [6.07, 6.45) is 4.68. The van der Waals surface area contributed by atoms with Gasteiger partial charge >= 0.3 is 0 Å². The maximum atomic E-state index is 5.56. The molecular formula is C21H33IN4O2S2. The van der Waals surface area contributed by atoms with Crippen LogP contribution in [0, 0.1) is 6.92 Å². The number of guanidine groups is 1. The molecule has 1 unspecified atom stereocenters. The van der Waals surface area contributed by atoms with Crippen LogP contribution in [0.2, 0.25) is 0 Å². The monoisotopic (exact) mass is 564 g/mol. The smallest absolute Gasteiger partial charge is 0.191 e. The number of nitrogens with zero attached hydrogens (tertiary/aromatic N) is 2. The van der Waals surface area contributed by atoms with Gasteiger partial charge in [0, 0.05) is 48.1 Å². The van der Waals surface area contributed by atoms with Crippen molar-refractivity contribution in [2.75, 3.05) is 57.9 Å². The highest BCUT2D eigenvalue weighted by atomic mass is 127. The zero-order chi connectivity index (χ0) is 20.3. The third-order valence-corrected chi connectivity index (χ3v) is 6.56. The lowest BCUT2D eigenvalue weighted by Gasteiger charge is -2.33. The second kappa shape index (κ2) is 14.3. The molecule has 0 aromatic carbocycles. The number of thioether (sulfide) groups is 1. The first-order valence-electron chi connectivity index (χ1n) is 10.2. The Morgan fingerprint density at radius 1 is 1.23 bits per heavy atom. The summed E-state index contributed by atoms with van der Waals surface area (Å²) in [5.74, 6) is 2.91. The lowest BCUT2D eigenvalue weighted by Crippen LogP contribution is -2.42. The number of hydrogen-bond acceptors (Lipinski definition) is 6. The summed E-state index contributed by atoms with van der Waals surface area (Å²) in [6, 6.07) is 8.68. The Labute approximate surface area is 205 Å². The Bertz CT molecular complexity index is 733. The van der Waals surface area contributed by atoms with Gasteiger partial charge < -0.3 is 19.8 Å². The topological polar surface area (TPSA) is 62.0 Å². The molecule has 0 saturated carbocycles. The van der Waals surface area contributed by atoms with E-state index in [9.17, 15) is 0 Å². The summed E-state index contributed by atoms with van der Waals surface area (Å²) >= 11 is 3.70. The van der Waals surface area contributed by atoms with E-state index in [4.69, 9.17) is 14.1 Å². The van der Waals surface area contributed by atoms with Gasteiger partial charge in [-0.1, -0.05) is 0 Å². The SMILES string of the molecule is CSCCNC(=NCC(c1ccc(C)s1)N1CCOCC1)NCCc1ccco1.I. The number of halogens is 1. The number of nitrogens with one attached hydrogen (secondary N) is 2. The highest BCUT2D eigenvalue weighted by Gasteiger charge is 2.23. The number of furan rings is 1. The first kappa shape index (κ1) is 25.5. The van der Waals surface area contributed by atoms with E-state index in [1.165, 1.54) is 9.75 Å². The highest BCUT2D eigenvalue weighted by molar-refractivity contribution is 14.0. The van der Waals surface area contributed by atoms with Gasteiger partial charge in [0.25, 0.3) is 0 Å². The minimum atomic E-state index is 0. The van der Waals surface area contributed by atoms with Crippen molar-refractivity contribution < 1.29 is 9.15 Å². The van der Waals surface area contributed by atoms with E-state index in [0.29, 0.717) is 6.04 Å². The maximum Gasteiger partial charge on any atom is 0.191 e. The van der Waals surface area contributed by atoms with Crippen LogP contribution in [0.1, 0.15) is 21.6 Å². The molecule has 2 aromatic rings. The zero-order valence-corrected chi connectivity index (χ0v) is 21.7. The summed E-state index contributed by atoms with van der Waals surface area (Å²) in [5.41, 5.74) is 0. The van der Waals surface area contributed by atoms with Gasteiger partial charge in [-0.15, -0.1) is 35.3 Å². The fourth-order valence-corrected chi connectivity index (χ4v) is 4.60. The molecule has 168 valence electrons. The van der Waals surface area contributed by atoms with Crippen molar-refractivity contribution in [3.05, 3.63) is 46.0 Å². The predicted molar refractivity (Wildman–Crippen MR) is 139 cm³/mol. The number of rotatable bonds is 10. The van der Waals surface area contributed by atoms with E-state index >= 15 is 0 Å². The van der Waals surface area contributed by atoms with Crippen LogP contribution in [0.15, 0.2) is 39.9 Å². The molecule has 3 heterocycles. The van der Waals surface area contributed by atoms with E-state index in [-0.39, 0.29) is 24.0 Å². The fourth-order valence-electron chi connectivity index (χ4n) is 3.29. The molecule has 3 rings (SSSR count). The van der Waals surface area contributed by atoms with Crippen molar-refractivity contribution in [2.24, 2.45) is 4.99 Å². The number of hydrogen-bond donors (Lipinski definition) is 2. The Morgan fingerprint density at radius 3 is 2.70 bits per heavy atom. The van der Waals surface area contributed by atoms with Crippen molar-refractivity contribution in [2.45, 2.75) is 19.4 Å². The average Bonchev–Trinajstić information content (AvgIpc) is 3.41. The first-order valence-corrected chi connectivity index (χ1v) is 12.4. The second-order valence-corrected chi connectivity index (χ2v) is 9.28. The van der Waals surface area contributed by atoms with Crippen molar-refractivity contribution in [1.82, 2.24) is 15.5 Å². The number of morpholine rings is 1. The van der Waals surface area contributed by atoms with Crippen molar-refractivity contribution in [3.63, 3.8) is 0 Å². The van der Waals surface area contributed by atoms with E-state index in [1.54, 1.807) is 6.26 Å². The molecule has 1 aliphatic rings. The Kier molecular flexibility index (Phi) is 12.2. The van der Waals surface area contributed by atoms with Crippen molar-refractivity contribution >= 4 is 53.0 Å². The summed E-state index contributed by atoms with van der Waals surface area (Å²) in [5, 5.41) is 6.93. The van der Waals surface area contributed by atoms with Crippen LogP contribution in [0.3, 0.4) is 0 Å². The van der Waals surface area contributed by atoms with Crippen molar-refractivity contribution in [1.29, 1.82) is 0 Å². The van der Waals surface area contributed by atoms with Crippen LogP contribution < -0.4 is 10.6 Å². The van der Waals surface area contributed by atoms with Gasteiger partial charge in [-0.2, -0.15) is 11.8 Å². The van der Waals surface area contributed by atoms with Gasteiger partial charge in [0.15, 0.2) is 5.96 Å². The Morgan fingerprint density at radius 2 is 2.03 bits per heavy atom. The summed E-state index contributed by atoms with van der Waals surface area (Å²) < 4.78 is 11.0. The molecular weight excluding hydrogens is 531 g/mol. The molecule has 1 aliphatic heterocycles. The van der Waals surface area contributed by atoms with Gasteiger partial charge in [-0.3, -0.25) is 9.89 Å². The molecule has 0 amide bonds. The first-order chi connectivity index (χ1) is 14.3. The van der Waals surface area contributed by atoms with Crippen LogP contribution in [0.4, 0.5) is 0 Å². The summed E-state index contributed by atoms with van der Waals surface area (Å²) in [4.78, 5) is 10.2. The summed E-state index contributed by atoms with van der Waals surface area (Å²) in [6.45, 7) is 8.09. The standard InChI is InChI=1S/C21H32N4O2S2.HI/c1-17-5-6-20(29-17)19(25-10-13-26-14-11-25)16-24-21(23-9-15-28-2)22-8-7-18-4-3-12-27-18;/h3-6,12,19H,7-11,13-16H2,1-2H3,(H2,22,23,24);1H. The summed E-state index contributed by atoms with van der Waals surface area (Å²) in [7, 11) is 0. The van der Waals surface area contributed by atoms with Crippen LogP contribution in [-0.4, -0.2) is 68.8 Å². The van der Waals surface area contributed by atoms with Crippen LogP contribution in [0.5, 0.6) is 0 Å². The third kappa shape index (κ3) is 8.41. The largest absolute Gasteiger partial charge is 0.469 e. The molecule has 1 atom stereocenters. The molecule has 1 fully saturated rings. The molecule has 6 nitrogen and oxygen atoms in total. The molecule has 0 aliphatic carbocycles. The van der Waals surface area contributed by atoms with Crippen LogP contribution in [0.25, 0.3) is 0 Å². The van der Waals surface area contributed by atoms with Crippen LogP contribution in [-0.2, 0) is 11.2 Å². The Balaban J connectivity index is 0.00000320. The molecule has 30 heavy (non-hydrogen) atoms. The van der Waals surface area contributed by atoms with Gasteiger partial charge in [0.1, 0.15) is 5.76 Å². The molecule has 2 aromatic heterocycles. The van der Waals surface area contributed by atoms with Gasteiger partial charge in [0.05, 0.1) is 32.1 Å². The number of aryl methyl sites for hydroxylation is 1. The van der Waals surface area contributed by atoms with Gasteiger partial charge in [-0.25, -0.2) is 0 Å². The molecule has 0 bridgehead atoms. The van der Waals surface area contributed by atoms with Crippen LogP contribution >= 0.6 is 47.1 Å². The zero-order valence-electron chi connectivity index (χ0n) is 17.8. The third-order valence-electron chi connectivity index (χ3n) is 4.84. The number of aliphatic imine (C=N–C) groups is 1. The van der Waals surface area contributed by atoms with E-state index in [0.717, 1.165) is 69.8 Å². The second-order valence-electron chi connectivity index (χ2n) is 6.98. The number of ether oxygens (including phenoxy) is 1. The highest BCUT2D eigenvalue weighted by Crippen LogP contribution is 2.28. The van der Waals surface area contributed by atoms with E-state index < -0.39 is 0 Å². The molecule has 0 spiro atoms. The van der Waals surface area contributed by atoms with E-state index in [1.807, 2.05) is 35.2 Å². The quantitative estimate of drug-likeness (QED) is 0.198. The van der Waals surface area contributed by atoms with Gasteiger partial charge in [0.2, 0.25) is 0 Å². The minimum absolute atomic E-state index is 0. The maximum absolute atomic E-state index is 5.56. The molecule has 9 heteroatoms. The van der Waals surface area contributed by atoms with E-state index in [2.05, 4.69) is 40.8 Å². The number of thiophene rings is 1. The van der Waals surface area contributed by atoms with Gasteiger partial charge in [-0.05, 0) is 37.4 Å². The Hall–Kier alpha value is -0.750. The normalized spacial score (nSPS) is 16.1. The van der Waals surface area contributed by atoms with Crippen molar-refractivity contribution in [3.8, 4) is 0 Å². The lowest BCUT2D eigenvalue weighted by molar-refractivity contribution is 0.0186. The minimum Gasteiger partial charge on any atom is -0.469 e. The lowest BCUT2D eigenvalue weighted by atomic mass is 10.2. The predicted octanol–water partition coefficient (Wildman–Crippen LogP) is 3.78. The average molecular weight is 565 g/mol. The fraction of sp³-hybridized carbons (Fsp3) is 0.571. The molecule has 1 saturated heterocycles. The molecule has 2 N–H and O–H groups in total. The molecule has 0 radical (unpaired) electrons.